The molecular formula is C25H32N2O5. The molecule has 0 aromatic heterocycles. The van der Waals surface area contributed by atoms with Crippen LogP contribution in [0.15, 0.2) is 36.4 Å². The molecular weight excluding hydrogens is 408 g/mol. The lowest BCUT2D eigenvalue weighted by molar-refractivity contribution is 0.0619. The van der Waals surface area contributed by atoms with Crippen molar-refractivity contribution in [1.29, 1.82) is 0 Å². The number of hydrogen-bond acceptors (Lipinski definition) is 6. The molecule has 0 saturated carbocycles. The first kappa shape index (κ1) is 22.4. The van der Waals surface area contributed by atoms with Gasteiger partial charge in [0, 0.05) is 43.9 Å². The van der Waals surface area contributed by atoms with Crippen LogP contribution in [-0.2, 0) is 17.9 Å². The van der Waals surface area contributed by atoms with Gasteiger partial charge < -0.3 is 23.8 Å². The smallest absolute Gasteiger partial charge is 0.253 e. The standard InChI is InChI=1S/C25H32N2O5/c1-4-29-22-8-6-20(14-21(22)16-30-18(2)3)25(28)27-11-9-26(10-12-27)15-19-5-7-23-24(13-19)32-17-31-23/h5-8,13-14,18H,4,9-12,15-17H2,1-3H3. The maximum absolute atomic E-state index is 13.1. The van der Waals surface area contributed by atoms with Crippen LogP contribution < -0.4 is 14.2 Å². The summed E-state index contributed by atoms with van der Waals surface area (Å²) in [6.45, 7) is 11.1. The number of benzene rings is 2. The number of fused-ring (bicyclic) bond motifs is 1. The van der Waals surface area contributed by atoms with Crippen LogP contribution in [0, 0.1) is 0 Å². The van der Waals surface area contributed by atoms with Crippen molar-refractivity contribution < 1.29 is 23.7 Å². The van der Waals surface area contributed by atoms with E-state index in [1.807, 2.05) is 56.0 Å². The molecule has 1 amide bonds. The van der Waals surface area contributed by atoms with E-state index in [9.17, 15) is 4.79 Å². The number of amides is 1. The van der Waals surface area contributed by atoms with Crippen LogP contribution in [0.5, 0.6) is 17.2 Å². The third kappa shape index (κ3) is 5.34. The highest BCUT2D eigenvalue weighted by Gasteiger charge is 2.23. The predicted octanol–water partition coefficient (Wildman–Crippen LogP) is 3.70. The molecule has 2 heterocycles. The van der Waals surface area contributed by atoms with Gasteiger partial charge in [-0.1, -0.05) is 6.07 Å². The Labute approximate surface area is 189 Å². The predicted molar refractivity (Wildman–Crippen MR) is 121 cm³/mol. The number of nitrogens with zero attached hydrogens (tertiary/aromatic N) is 2. The van der Waals surface area contributed by atoms with Crippen molar-refractivity contribution >= 4 is 5.91 Å². The molecule has 2 aliphatic heterocycles. The minimum atomic E-state index is 0.0570. The second-order valence-electron chi connectivity index (χ2n) is 8.37. The van der Waals surface area contributed by atoms with Crippen molar-refractivity contribution in [2.45, 2.75) is 40.0 Å². The van der Waals surface area contributed by atoms with E-state index in [0.717, 1.165) is 42.4 Å². The summed E-state index contributed by atoms with van der Waals surface area (Å²) in [5.41, 5.74) is 2.78. The van der Waals surface area contributed by atoms with Crippen LogP contribution in [0.3, 0.4) is 0 Å². The van der Waals surface area contributed by atoms with E-state index in [0.29, 0.717) is 31.9 Å². The van der Waals surface area contributed by atoms with Gasteiger partial charge in [0.1, 0.15) is 5.75 Å². The van der Waals surface area contributed by atoms with E-state index in [1.54, 1.807) is 0 Å². The average molecular weight is 441 g/mol. The third-order valence-corrected chi connectivity index (χ3v) is 5.68. The van der Waals surface area contributed by atoms with Crippen molar-refractivity contribution in [3.8, 4) is 17.2 Å². The van der Waals surface area contributed by atoms with E-state index in [-0.39, 0.29) is 18.8 Å². The minimum Gasteiger partial charge on any atom is -0.494 e. The molecule has 2 aliphatic rings. The maximum atomic E-state index is 13.1. The molecule has 7 nitrogen and oxygen atoms in total. The molecule has 2 aromatic rings. The van der Waals surface area contributed by atoms with E-state index >= 15 is 0 Å². The maximum Gasteiger partial charge on any atom is 0.253 e. The molecule has 0 aliphatic carbocycles. The number of rotatable bonds is 8. The summed E-state index contributed by atoms with van der Waals surface area (Å²) in [6.07, 6.45) is 0.113. The SMILES string of the molecule is CCOc1ccc(C(=O)N2CCN(Cc3ccc4c(c3)OCO4)CC2)cc1COC(C)C. The second kappa shape index (κ2) is 10.2. The van der Waals surface area contributed by atoms with Crippen molar-refractivity contribution in [1.82, 2.24) is 9.80 Å². The van der Waals surface area contributed by atoms with Crippen LogP contribution in [-0.4, -0.2) is 61.4 Å². The fourth-order valence-corrected chi connectivity index (χ4v) is 3.97. The Balaban J connectivity index is 1.35. The number of carbonyl (C=O) groups is 1. The minimum absolute atomic E-state index is 0.0570. The molecule has 1 saturated heterocycles. The van der Waals surface area contributed by atoms with Crippen LogP contribution >= 0.6 is 0 Å². The van der Waals surface area contributed by atoms with Crippen molar-refractivity contribution in [2.24, 2.45) is 0 Å². The lowest BCUT2D eigenvalue weighted by Crippen LogP contribution is -2.48. The molecule has 0 N–H and O–H groups in total. The molecule has 0 radical (unpaired) electrons. The number of carbonyl (C=O) groups excluding carboxylic acids is 1. The van der Waals surface area contributed by atoms with Gasteiger partial charge in [0.25, 0.3) is 5.91 Å². The van der Waals surface area contributed by atoms with E-state index in [1.165, 1.54) is 5.56 Å². The quantitative estimate of drug-likeness (QED) is 0.624. The first-order chi connectivity index (χ1) is 15.5. The number of ether oxygens (including phenoxy) is 4. The Morgan fingerprint density at radius 2 is 1.81 bits per heavy atom. The van der Waals surface area contributed by atoms with Crippen molar-refractivity contribution in [3.05, 3.63) is 53.1 Å². The van der Waals surface area contributed by atoms with Gasteiger partial charge in [0.2, 0.25) is 6.79 Å². The Morgan fingerprint density at radius 3 is 2.56 bits per heavy atom. The zero-order valence-corrected chi connectivity index (χ0v) is 19.1. The zero-order valence-electron chi connectivity index (χ0n) is 19.1. The normalized spacial score (nSPS) is 15.9. The molecule has 32 heavy (non-hydrogen) atoms. The van der Waals surface area contributed by atoms with Gasteiger partial charge in [0.05, 0.1) is 19.3 Å². The zero-order chi connectivity index (χ0) is 22.5. The summed E-state index contributed by atoms with van der Waals surface area (Å²) >= 11 is 0. The Hall–Kier alpha value is -2.77. The number of hydrogen-bond donors (Lipinski definition) is 0. The van der Waals surface area contributed by atoms with Gasteiger partial charge in [-0.15, -0.1) is 0 Å². The molecule has 7 heteroatoms. The van der Waals surface area contributed by atoms with Crippen molar-refractivity contribution in [2.75, 3.05) is 39.6 Å². The van der Waals surface area contributed by atoms with Crippen LogP contribution in [0.2, 0.25) is 0 Å². The fraction of sp³-hybridized carbons (Fsp3) is 0.480. The first-order valence-corrected chi connectivity index (χ1v) is 11.3. The summed E-state index contributed by atoms with van der Waals surface area (Å²) in [5.74, 6) is 2.45. The Morgan fingerprint density at radius 1 is 1.03 bits per heavy atom. The lowest BCUT2D eigenvalue weighted by atomic mass is 10.1. The molecule has 2 aromatic carbocycles. The van der Waals surface area contributed by atoms with Crippen LogP contribution in [0.1, 0.15) is 42.3 Å². The van der Waals surface area contributed by atoms with Gasteiger partial charge in [-0.3, -0.25) is 9.69 Å². The molecule has 0 spiro atoms. The largest absolute Gasteiger partial charge is 0.494 e. The Bertz CT molecular complexity index is 938. The van der Waals surface area contributed by atoms with Crippen LogP contribution in [0.25, 0.3) is 0 Å². The van der Waals surface area contributed by atoms with Gasteiger partial charge in [-0.05, 0) is 56.7 Å². The molecule has 172 valence electrons. The Kier molecular flexibility index (Phi) is 7.17. The number of piperazine rings is 1. The molecule has 0 unspecified atom stereocenters. The molecule has 1 fully saturated rings. The lowest BCUT2D eigenvalue weighted by Gasteiger charge is -2.35. The first-order valence-electron chi connectivity index (χ1n) is 11.3. The highest BCUT2D eigenvalue weighted by atomic mass is 16.7. The highest BCUT2D eigenvalue weighted by Crippen LogP contribution is 2.33. The summed E-state index contributed by atoms with van der Waals surface area (Å²) in [7, 11) is 0. The summed E-state index contributed by atoms with van der Waals surface area (Å²) in [4.78, 5) is 17.4. The topological polar surface area (TPSA) is 60.5 Å². The highest BCUT2D eigenvalue weighted by molar-refractivity contribution is 5.94. The molecule has 0 bridgehead atoms. The fourth-order valence-electron chi connectivity index (χ4n) is 3.97. The summed E-state index contributed by atoms with van der Waals surface area (Å²) in [5, 5.41) is 0. The monoisotopic (exact) mass is 440 g/mol. The third-order valence-electron chi connectivity index (χ3n) is 5.68. The van der Waals surface area contributed by atoms with E-state index in [4.69, 9.17) is 18.9 Å². The van der Waals surface area contributed by atoms with E-state index in [2.05, 4.69) is 11.0 Å². The molecule has 0 atom stereocenters. The second-order valence-corrected chi connectivity index (χ2v) is 8.37. The van der Waals surface area contributed by atoms with Gasteiger partial charge >= 0.3 is 0 Å². The van der Waals surface area contributed by atoms with Gasteiger partial charge in [-0.25, -0.2) is 0 Å². The van der Waals surface area contributed by atoms with Gasteiger partial charge in [-0.2, -0.15) is 0 Å². The van der Waals surface area contributed by atoms with Gasteiger partial charge in [0.15, 0.2) is 11.5 Å². The average Bonchev–Trinajstić information content (AvgIpc) is 3.26. The summed E-state index contributed by atoms with van der Waals surface area (Å²) < 4.78 is 22.3. The molecule has 4 rings (SSSR count). The summed E-state index contributed by atoms with van der Waals surface area (Å²) in [6, 6.07) is 11.7. The van der Waals surface area contributed by atoms with Crippen LogP contribution in [0.4, 0.5) is 0 Å². The van der Waals surface area contributed by atoms with E-state index < -0.39 is 0 Å². The van der Waals surface area contributed by atoms with Crippen molar-refractivity contribution in [3.63, 3.8) is 0 Å².